The Kier molecular flexibility index (Phi) is 6.65. The van der Waals surface area contributed by atoms with E-state index in [1.807, 2.05) is 61.0 Å². The fourth-order valence-electron chi connectivity index (χ4n) is 3.23. The normalized spacial score (nSPS) is 11.0. The van der Waals surface area contributed by atoms with Gasteiger partial charge in [-0.05, 0) is 50.7 Å². The van der Waals surface area contributed by atoms with Crippen LogP contribution in [0.25, 0.3) is 5.69 Å². The second kappa shape index (κ2) is 9.17. The molecule has 0 aliphatic carbocycles. The van der Waals surface area contributed by atoms with E-state index in [4.69, 9.17) is 0 Å². The average molecular weight is 441 g/mol. The number of carbonyl (C=O) groups excluding carboxylic acids is 1. The monoisotopic (exact) mass is 440 g/mol. The molecule has 0 saturated carbocycles. The van der Waals surface area contributed by atoms with Crippen molar-refractivity contribution in [3.8, 4) is 5.69 Å². The average Bonchev–Trinajstić information content (AvgIpc) is 2.97. The molecule has 0 spiro atoms. The molecular formula is C22H25BrN4O. The SMILES string of the molecule is Cc1nn(-c2ccc(Br)cc2)c(C)c1C(=O)NCCN(C)Cc1ccccc1. The van der Waals surface area contributed by atoms with E-state index in [0.29, 0.717) is 12.1 Å². The molecule has 0 bridgehead atoms. The summed E-state index contributed by atoms with van der Waals surface area (Å²) < 4.78 is 2.83. The molecule has 3 rings (SSSR count). The summed E-state index contributed by atoms with van der Waals surface area (Å²) in [6.45, 7) is 6.03. The highest BCUT2D eigenvalue weighted by atomic mass is 79.9. The van der Waals surface area contributed by atoms with Crippen molar-refractivity contribution in [2.24, 2.45) is 0 Å². The van der Waals surface area contributed by atoms with Gasteiger partial charge in [0.2, 0.25) is 0 Å². The molecule has 28 heavy (non-hydrogen) atoms. The number of halogens is 1. The molecule has 5 nitrogen and oxygen atoms in total. The fraction of sp³-hybridized carbons (Fsp3) is 0.273. The van der Waals surface area contributed by atoms with E-state index >= 15 is 0 Å². The number of amides is 1. The molecule has 0 unspecified atom stereocenters. The van der Waals surface area contributed by atoms with Crippen LogP contribution < -0.4 is 5.32 Å². The third-order valence-electron chi connectivity index (χ3n) is 4.66. The van der Waals surface area contributed by atoms with Crippen molar-refractivity contribution < 1.29 is 4.79 Å². The van der Waals surface area contributed by atoms with Gasteiger partial charge in [-0.1, -0.05) is 46.3 Å². The molecule has 1 amide bonds. The van der Waals surface area contributed by atoms with Crippen LogP contribution in [-0.4, -0.2) is 40.7 Å². The Bertz CT molecular complexity index is 935. The third-order valence-corrected chi connectivity index (χ3v) is 5.19. The van der Waals surface area contributed by atoms with Gasteiger partial charge in [0.25, 0.3) is 5.91 Å². The second-order valence-electron chi connectivity index (χ2n) is 6.91. The van der Waals surface area contributed by atoms with Gasteiger partial charge >= 0.3 is 0 Å². The number of nitrogens with zero attached hydrogens (tertiary/aromatic N) is 3. The number of aryl methyl sites for hydroxylation is 1. The molecule has 0 aliphatic rings. The van der Waals surface area contributed by atoms with Crippen LogP contribution in [0.4, 0.5) is 0 Å². The van der Waals surface area contributed by atoms with E-state index in [1.165, 1.54) is 5.56 Å². The van der Waals surface area contributed by atoms with E-state index < -0.39 is 0 Å². The number of likely N-dealkylation sites (N-methyl/N-ethyl adjacent to an activating group) is 1. The van der Waals surface area contributed by atoms with Gasteiger partial charge in [0, 0.05) is 24.1 Å². The molecule has 0 atom stereocenters. The molecule has 2 aromatic carbocycles. The Morgan fingerprint density at radius 2 is 1.79 bits per heavy atom. The third kappa shape index (κ3) is 4.88. The van der Waals surface area contributed by atoms with Crippen molar-refractivity contribution in [2.45, 2.75) is 20.4 Å². The zero-order chi connectivity index (χ0) is 20.1. The smallest absolute Gasteiger partial charge is 0.255 e. The lowest BCUT2D eigenvalue weighted by Crippen LogP contribution is -2.33. The van der Waals surface area contributed by atoms with Crippen LogP contribution in [0.5, 0.6) is 0 Å². The Morgan fingerprint density at radius 1 is 1.11 bits per heavy atom. The maximum absolute atomic E-state index is 12.7. The molecule has 3 aromatic rings. The minimum Gasteiger partial charge on any atom is -0.351 e. The molecule has 0 radical (unpaired) electrons. The van der Waals surface area contributed by atoms with Crippen LogP contribution in [0.15, 0.2) is 59.1 Å². The summed E-state index contributed by atoms with van der Waals surface area (Å²) in [7, 11) is 2.06. The van der Waals surface area contributed by atoms with Gasteiger partial charge < -0.3 is 10.2 Å². The van der Waals surface area contributed by atoms with E-state index in [2.05, 4.69) is 50.4 Å². The molecule has 6 heteroatoms. The number of hydrogen-bond acceptors (Lipinski definition) is 3. The van der Waals surface area contributed by atoms with Crippen molar-refractivity contribution in [3.63, 3.8) is 0 Å². The maximum Gasteiger partial charge on any atom is 0.255 e. The highest BCUT2D eigenvalue weighted by molar-refractivity contribution is 9.10. The molecule has 0 saturated heterocycles. The topological polar surface area (TPSA) is 50.2 Å². The van der Waals surface area contributed by atoms with Crippen LogP contribution in [0, 0.1) is 13.8 Å². The largest absolute Gasteiger partial charge is 0.351 e. The first-order valence-corrected chi connectivity index (χ1v) is 10.1. The highest BCUT2D eigenvalue weighted by Gasteiger charge is 2.19. The van der Waals surface area contributed by atoms with E-state index in [-0.39, 0.29) is 5.91 Å². The van der Waals surface area contributed by atoms with Gasteiger partial charge in [-0.25, -0.2) is 4.68 Å². The van der Waals surface area contributed by atoms with Crippen LogP contribution in [0.3, 0.4) is 0 Å². The van der Waals surface area contributed by atoms with E-state index in [1.54, 1.807) is 0 Å². The molecular weight excluding hydrogens is 416 g/mol. The van der Waals surface area contributed by atoms with Crippen LogP contribution >= 0.6 is 15.9 Å². The molecule has 146 valence electrons. The first kappa shape index (κ1) is 20.3. The fourth-order valence-corrected chi connectivity index (χ4v) is 3.49. The lowest BCUT2D eigenvalue weighted by atomic mass is 10.2. The number of benzene rings is 2. The number of rotatable bonds is 7. The zero-order valence-corrected chi connectivity index (χ0v) is 18.0. The molecule has 1 aromatic heterocycles. The summed E-state index contributed by atoms with van der Waals surface area (Å²) in [5.41, 5.74) is 4.42. The number of aromatic nitrogens is 2. The molecule has 0 fully saturated rings. The van der Waals surface area contributed by atoms with Crippen molar-refractivity contribution in [2.75, 3.05) is 20.1 Å². The standard InChI is InChI=1S/C22H25BrN4O/c1-16-21(17(2)27(25-16)20-11-9-19(23)10-12-20)22(28)24-13-14-26(3)15-18-7-5-4-6-8-18/h4-12H,13-15H2,1-3H3,(H,24,28). The van der Waals surface area contributed by atoms with Crippen molar-refractivity contribution in [1.82, 2.24) is 20.0 Å². The summed E-state index contributed by atoms with van der Waals surface area (Å²) in [6.07, 6.45) is 0. The lowest BCUT2D eigenvalue weighted by molar-refractivity contribution is 0.0948. The quantitative estimate of drug-likeness (QED) is 0.601. The van der Waals surface area contributed by atoms with E-state index in [0.717, 1.165) is 34.6 Å². The van der Waals surface area contributed by atoms with Crippen LogP contribution in [0.1, 0.15) is 27.3 Å². The summed E-state index contributed by atoms with van der Waals surface area (Å²) >= 11 is 3.44. The number of carbonyl (C=O) groups is 1. The van der Waals surface area contributed by atoms with Gasteiger partial charge in [-0.3, -0.25) is 4.79 Å². The Labute approximate surface area is 174 Å². The maximum atomic E-state index is 12.7. The van der Waals surface area contributed by atoms with Crippen LogP contribution in [0.2, 0.25) is 0 Å². The van der Waals surface area contributed by atoms with Gasteiger partial charge in [0.05, 0.1) is 22.6 Å². The molecule has 0 aliphatic heterocycles. The first-order valence-electron chi connectivity index (χ1n) is 9.28. The Morgan fingerprint density at radius 3 is 2.46 bits per heavy atom. The van der Waals surface area contributed by atoms with Gasteiger partial charge in [0.1, 0.15) is 0 Å². The highest BCUT2D eigenvalue weighted by Crippen LogP contribution is 2.19. The Hall–Kier alpha value is -2.44. The Balaban J connectivity index is 1.61. The summed E-state index contributed by atoms with van der Waals surface area (Å²) in [6, 6.07) is 18.2. The first-order chi connectivity index (χ1) is 13.5. The summed E-state index contributed by atoms with van der Waals surface area (Å²) in [5, 5.41) is 7.59. The number of nitrogens with one attached hydrogen (secondary N) is 1. The van der Waals surface area contributed by atoms with Gasteiger partial charge in [-0.2, -0.15) is 5.10 Å². The van der Waals surface area contributed by atoms with Gasteiger partial charge in [-0.15, -0.1) is 0 Å². The summed E-state index contributed by atoms with van der Waals surface area (Å²) in [5.74, 6) is -0.0773. The van der Waals surface area contributed by atoms with Gasteiger partial charge in [0.15, 0.2) is 0 Å². The predicted molar refractivity (Wildman–Crippen MR) is 116 cm³/mol. The predicted octanol–water partition coefficient (Wildman–Crippen LogP) is 4.11. The van der Waals surface area contributed by atoms with Crippen molar-refractivity contribution in [1.29, 1.82) is 0 Å². The molecule has 1 heterocycles. The lowest BCUT2D eigenvalue weighted by Gasteiger charge is -2.17. The molecule has 1 N–H and O–H groups in total. The van der Waals surface area contributed by atoms with Crippen LogP contribution in [-0.2, 0) is 6.54 Å². The van der Waals surface area contributed by atoms with Crippen molar-refractivity contribution in [3.05, 3.63) is 81.6 Å². The summed E-state index contributed by atoms with van der Waals surface area (Å²) in [4.78, 5) is 14.9. The minimum absolute atomic E-state index is 0.0773. The number of hydrogen-bond donors (Lipinski definition) is 1. The second-order valence-corrected chi connectivity index (χ2v) is 7.83. The van der Waals surface area contributed by atoms with Crippen molar-refractivity contribution >= 4 is 21.8 Å². The minimum atomic E-state index is -0.0773. The zero-order valence-electron chi connectivity index (χ0n) is 16.4. The van der Waals surface area contributed by atoms with E-state index in [9.17, 15) is 4.79 Å².